The van der Waals surface area contributed by atoms with Gasteiger partial charge in [-0.1, -0.05) is 0 Å². The number of aliphatic hydroxyl groups excluding tert-OH is 4. The number of rotatable bonds is 10. The van der Waals surface area contributed by atoms with E-state index in [1.165, 1.54) is 0 Å². The standard InChI is InChI=1S/C10H19Cl2NO5/c11-1-3-13(4-2-12)5-7(15)9(17)10(18)8(16)6-14/h6-10,15-18H,1-5H2/t7-,8+,9+,10+/m0/s1. The molecule has 0 heterocycles. The highest BCUT2D eigenvalue weighted by Gasteiger charge is 2.30. The van der Waals surface area contributed by atoms with Gasteiger partial charge in [-0.05, 0) is 0 Å². The van der Waals surface area contributed by atoms with Gasteiger partial charge in [0.1, 0.15) is 18.3 Å². The minimum Gasteiger partial charge on any atom is -0.389 e. The van der Waals surface area contributed by atoms with Crippen molar-refractivity contribution in [2.75, 3.05) is 31.4 Å². The van der Waals surface area contributed by atoms with Crippen LogP contribution in [0, 0.1) is 0 Å². The molecule has 108 valence electrons. The van der Waals surface area contributed by atoms with E-state index < -0.39 is 24.4 Å². The first-order chi connectivity index (χ1) is 8.47. The molecule has 0 saturated heterocycles. The number of hydrogen-bond donors (Lipinski definition) is 4. The lowest BCUT2D eigenvalue weighted by Gasteiger charge is -2.29. The Bertz CT molecular complexity index is 228. The molecule has 0 aliphatic carbocycles. The summed E-state index contributed by atoms with van der Waals surface area (Å²) in [5.74, 6) is 0.665. The number of aliphatic hydroxyl groups is 4. The van der Waals surface area contributed by atoms with Gasteiger partial charge in [-0.15, -0.1) is 23.2 Å². The molecule has 0 bridgehead atoms. The van der Waals surface area contributed by atoms with Gasteiger partial charge in [0.25, 0.3) is 0 Å². The molecule has 0 amide bonds. The van der Waals surface area contributed by atoms with Crippen LogP contribution in [0.5, 0.6) is 0 Å². The van der Waals surface area contributed by atoms with E-state index in [9.17, 15) is 20.1 Å². The Morgan fingerprint density at radius 1 is 1.00 bits per heavy atom. The number of aldehydes is 1. The minimum absolute atomic E-state index is 0.0310. The topological polar surface area (TPSA) is 101 Å². The van der Waals surface area contributed by atoms with Crippen LogP contribution in [0.25, 0.3) is 0 Å². The van der Waals surface area contributed by atoms with Crippen LogP contribution in [0.15, 0.2) is 0 Å². The van der Waals surface area contributed by atoms with E-state index in [1.54, 1.807) is 4.90 Å². The SMILES string of the molecule is O=C[C@@H](O)[C@@H](O)[C@H](O)[C@@H](O)CN(CCCl)CCCl. The quantitative estimate of drug-likeness (QED) is 0.287. The van der Waals surface area contributed by atoms with Crippen LogP contribution in [0.1, 0.15) is 0 Å². The van der Waals surface area contributed by atoms with Crippen LogP contribution in [-0.2, 0) is 4.79 Å². The Labute approximate surface area is 116 Å². The maximum Gasteiger partial charge on any atom is 0.151 e. The van der Waals surface area contributed by atoms with Gasteiger partial charge in [0.2, 0.25) is 0 Å². The van der Waals surface area contributed by atoms with Gasteiger partial charge in [0.05, 0.1) is 6.10 Å². The molecule has 0 radical (unpaired) electrons. The molecule has 0 aromatic heterocycles. The summed E-state index contributed by atoms with van der Waals surface area (Å²) in [4.78, 5) is 12.0. The first-order valence-electron chi connectivity index (χ1n) is 5.49. The van der Waals surface area contributed by atoms with Crippen LogP contribution in [0.2, 0.25) is 0 Å². The molecular formula is C10H19Cl2NO5. The average Bonchev–Trinajstić information content (AvgIpc) is 2.36. The Balaban J connectivity index is 4.34. The summed E-state index contributed by atoms with van der Waals surface area (Å²) >= 11 is 11.1. The second-order valence-electron chi connectivity index (χ2n) is 3.85. The molecule has 0 saturated carbocycles. The largest absolute Gasteiger partial charge is 0.389 e. The molecule has 0 fully saturated rings. The number of alkyl halides is 2. The zero-order chi connectivity index (χ0) is 14.1. The summed E-state index contributed by atoms with van der Waals surface area (Å²) in [5, 5.41) is 37.7. The van der Waals surface area contributed by atoms with Crippen molar-refractivity contribution < 1.29 is 25.2 Å². The molecule has 0 aromatic carbocycles. The van der Waals surface area contributed by atoms with Gasteiger partial charge < -0.3 is 25.2 Å². The van der Waals surface area contributed by atoms with Gasteiger partial charge in [-0.3, -0.25) is 4.90 Å². The predicted octanol–water partition coefficient (Wildman–Crippen LogP) is -1.59. The monoisotopic (exact) mass is 303 g/mol. The van der Waals surface area contributed by atoms with Crippen LogP contribution in [0.4, 0.5) is 0 Å². The highest BCUT2D eigenvalue weighted by molar-refractivity contribution is 6.18. The Hall–Kier alpha value is 0.0500. The van der Waals surface area contributed by atoms with Crippen molar-refractivity contribution in [1.82, 2.24) is 4.90 Å². The van der Waals surface area contributed by atoms with E-state index in [-0.39, 0.29) is 12.8 Å². The summed E-state index contributed by atoms with van der Waals surface area (Å²) in [5.41, 5.74) is 0. The van der Waals surface area contributed by atoms with Gasteiger partial charge >= 0.3 is 0 Å². The Morgan fingerprint density at radius 3 is 1.89 bits per heavy atom. The molecule has 0 rings (SSSR count). The first-order valence-corrected chi connectivity index (χ1v) is 6.56. The average molecular weight is 304 g/mol. The zero-order valence-corrected chi connectivity index (χ0v) is 11.3. The minimum atomic E-state index is -1.73. The summed E-state index contributed by atoms with van der Waals surface area (Å²) < 4.78 is 0. The fourth-order valence-corrected chi connectivity index (χ4v) is 1.89. The van der Waals surface area contributed by atoms with E-state index in [0.29, 0.717) is 24.8 Å². The molecule has 6 nitrogen and oxygen atoms in total. The third-order valence-electron chi connectivity index (χ3n) is 2.48. The summed E-state index contributed by atoms with van der Waals surface area (Å²) in [6, 6.07) is 0. The number of hydrogen-bond acceptors (Lipinski definition) is 6. The molecule has 18 heavy (non-hydrogen) atoms. The van der Waals surface area contributed by atoms with Crippen molar-refractivity contribution >= 4 is 29.5 Å². The smallest absolute Gasteiger partial charge is 0.151 e. The van der Waals surface area contributed by atoms with Gasteiger partial charge in [-0.25, -0.2) is 0 Å². The van der Waals surface area contributed by atoms with Gasteiger partial charge in [-0.2, -0.15) is 0 Å². The van der Waals surface area contributed by atoms with Crippen LogP contribution >= 0.6 is 23.2 Å². The van der Waals surface area contributed by atoms with Crippen LogP contribution in [0.3, 0.4) is 0 Å². The highest BCUT2D eigenvalue weighted by atomic mass is 35.5. The fourth-order valence-electron chi connectivity index (χ4n) is 1.42. The molecule has 0 spiro atoms. The Morgan fingerprint density at radius 2 is 1.50 bits per heavy atom. The number of carbonyl (C=O) groups excluding carboxylic acids is 1. The van der Waals surface area contributed by atoms with Crippen molar-refractivity contribution in [3.05, 3.63) is 0 Å². The third-order valence-corrected chi connectivity index (χ3v) is 2.82. The zero-order valence-electron chi connectivity index (χ0n) is 9.82. The van der Waals surface area contributed by atoms with Crippen molar-refractivity contribution in [1.29, 1.82) is 0 Å². The molecule has 8 heteroatoms. The predicted molar refractivity (Wildman–Crippen MR) is 68.0 cm³/mol. The van der Waals surface area contributed by atoms with E-state index >= 15 is 0 Å². The van der Waals surface area contributed by atoms with E-state index in [2.05, 4.69) is 0 Å². The Kier molecular flexibility index (Phi) is 9.94. The molecule has 0 aliphatic rings. The van der Waals surface area contributed by atoms with Gasteiger partial charge in [0, 0.05) is 31.4 Å². The summed E-state index contributed by atoms with van der Waals surface area (Å²) in [6.45, 7) is 0.956. The van der Waals surface area contributed by atoms with Crippen molar-refractivity contribution in [3.8, 4) is 0 Å². The van der Waals surface area contributed by atoms with E-state index in [4.69, 9.17) is 28.3 Å². The summed E-state index contributed by atoms with van der Waals surface area (Å²) in [7, 11) is 0. The van der Waals surface area contributed by atoms with E-state index in [1.807, 2.05) is 0 Å². The number of nitrogens with zero attached hydrogens (tertiary/aromatic N) is 1. The highest BCUT2D eigenvalue weighted by Crippen LogP contribution is 2.06. The fraction of sp³-hybridized carbons (Fsp3) is 0.900. The second kappa shape index (κ2) is 9.91. The van der Waals surface area contributed by atoms with Crippen molar-refractivity contribution in [3.63, 3.8) is 0 Å². The van der Waals surface area contributed by atoms with Gasteiger partial charge in [0.15, 0.2) is 6.29 Å². The molecule has 4 atom stereocenters. The first kappa shape index (κ1) is 18.0. The lowest BCUT2D eigenvalue weighted by molar-refractivity contribution is -0.134. The maximum atomic E-state index is 10.3. The van der Waals surface area contributed by atoms with Crippen LogP contribution < -0.4 is 0 Å². The molecule has 0 aliphatic heterocycles. The molecular weight excluding hydrogens is 285 g/mol. The normalized spacial score (nSPS) is 18.4. The van der Waals surface area contributed by atoms with Crippen molar-refractivity contribution in [2.45, 2.75) is 24.4 Å². The van der Waals surface area contributed by atoms with Crippen molar-refractivity contribution in [2.24, 2.45) is 0 Å². The second-order valence-corrected chi connectivity index (χ2v) is 4.61. The molecule has 0 aromatic rings. The number of halogens is 2. The molecule has 4 N–H and O–H groups in total. The lowest BCUT2D eigenvalue weighted by atomic mass is 10.0. The van der Waals surface area contributed by atoms with E-state index in [0.717, 1.165) is 0 Å². The van der Waals surface area contributed by atoms with Crippen LogP contribution in [-0.4, -0.2) is 87.4 Å². The lowest BCUT2D eigenvalue weighted by Crippen LogP contribution is -2.49. The third kappa shape index (κ3) is 6.29. The maximum absolute atomic E-state index is 10.3. The summed E-state index contributed by atoms with van der Waals surface area (Å²) in [6.07, 6.45) is -6.31. The number of carbonyl (C=O) groups is 1. The molecule has 0 unspecified atom stereocenters.